The molecule has 1 amide bonds. The number of nitrogens with zero attached hydrogens (tertiary/aromatic N) is 1. The summed E-state index contributed by atoms with van der Waals surface area (Å²) in [6, 6.07) is 12.2. The Bertz CT molecular complexity index is 1050. The molecule has 0 spiro atoms. The molecule has 1 unspecified atom stereocenters. The van der Waals surface area contributed by atoms with Crippen LogP contribution in [0, 0.1) is 0 Å². The minimum atomic E-state index is -4.65. The lowest BCUT2D eigenvalue weighted by Crippen LogP contribution is -2.16. The van der Waals surface area contributed by atoms with E-state index in [1.54, 1.807) is 24.3 Å². The quantitative estimate of drug-likeness (QED) is 0.605. The Morgan fingerprint density at radius 3 is 2.69 bits per heavy atom. The van der Waals surface area contributed by atoms with E-state index in [0.717, 1.165) is 12.8 Å². The molecule has 3 aromatic rings. The summed E-state index contributed by atoms with van der Waals surface area (Å²) < 4.78 is 45.8. The number of aromatic amines is 1. The molecule has 1 fully saturated rings. The van der Waals surface area contributed by atoms with Crippen molar-refractivity contribution in [2.75, 3.05) is 11.9 Å². The maximum atomic E-state index is 13.4. The van der Waals surface area contributed by atoms with Gasteiger partial charge < -0.3 is 15.0 Å². The van der Waals surface area contributed by atoms with Crippen molar-refractivity contribution in [3.05, 3.63) is 66.0 Å². The lowest BCUT2D eigenvalue weighted by molar-refractivity contribution is -0.112. The number of halogens is 3. The number of allylic oxidation sites excluding steroid dienone is 1. The van der Waals surface area contributed by atoms with E-state index < -0.39 is 17.7 Å². The van der Waals surface area contributed by atoms with Gasteiger partial charge in [0.1, 0.15) is 11.9 Å². The Hall–Kier alpha value is -3.13. The highest BCUT2D eigenvalue weighted by atomic mass is 19.4. The first kappa shape index (κ1) is 19.2. The molecule has 1 aromatic heterocycles. The number of hydrogen-bond acceptors (Lipinski definition) is 3. The Balaban J connectivity index is 1.56. The SMILES string of the molecule is O=C(/C=C(\c1ccccc1)C(F)(F)F)Nc1ccc2nc(C3CCCO3)[nH]c2c1. The zero-order valence-corrected chi connectivity index (χ0v) is 15.3. The largest absolute Gasteiger partial charge is 0.417 e. The highest BCUT2D eigenvalue weighted by molar-refractivity contribution is 6.05. The summed E-state index contributed by atoms with van der Waals surface area (Å²) in [4.78, 5) is 19.9. The number of hydrogen-bond donors (Lipinski definition) is 2. The molecular weight excluding hydrogens is 383 g/mol. The number of aromatic nitrogens is 2. The Kier molecular flexibility index (Phi) is 5.10. The molecule has 4 rings (SSSR count). The molecule has 0 radical (unpaired) electrons. The van der Waals surface area contributed by atoms with Crippen molar-refractivity contribution in [2.24, 2.45) is 0 Å². The van der Waals surface area contributed by atoms with Crippen LogP contribution in [-0.4, -0.2) is 28.7 Å². The molecule has 1 atom stereocenters. The molecule has 1 aliphatic heterocycles. The number of anilines is 1. The van der Waals surface area contributed by atoms with Gasteiger partial charge in [-0.2, -0.15) is 13.2 Å². The summed E-state index contributed by atoms with van der Waals surface area (Å²) in [5.74, 6) is -0.149. The predicted molar refractivity (Wildman–Crippen MR) is 103 cm³/mol. The van der Waals surface area contributed by atoms with Crippen LogP contribution in [0.15, 0.2) is 54.6 Å². The summed E-state index contributed by atoms with van der Waals surface area (Å²) in [5.41, 5.74) is 0.677. The average molecular weight is 401 g/mol. The third-order valence-electron chi connectivity index (χ3n) is 4.67. The van der Waals surface area contributed by atoms with Gasteiger partial charge in [0.05, 0.1) is 16.6 Å². The number of imidazole rings is 1. The molecular formula is C21H18F3N3O2. The van der Waals surface area contributed by atoms with Crippen molar-refractivity contribution in [1.82, 2.24) is 9.97 Å². The standard InChI is InChI=1S/C21H18F3N3O2/c22-21(23,24)15(13-5-2-1-3-6-13)12-19(28)25-14-8-9-16-17(11-14)27-20(26-16)18-7-4-10-29-18/h1-3,5-6,8-9,11-12,18H,4,7,10H2,(H,25,28)(H,26,27)/b15-12+. The number of ether oxygens (including phenoxy) is 1. The predicted octanol–water partition coefficient (Wildman–Crippen LogP) is 5.00. The van der Waals surface area contributed by atoms with Crippen LogP contribution in [0.3, 0.4) is 0 Å². The summed E-state index contributed by atoms with van der Waals surface area (Å²) in [6.45, 7) is 0.693. The average Bonchev–Trinajstić information content (AvgIpc) is 3.35. The van der Waals surface area contributed by atoms with Crippen LogP contribution in [-0.2, 0) is 9.53 Å². The van der Waals surface area contributed by atoms with Gasteiger partial charge in [-0.3, -0.25) is 4.79 Å². The molecule has 2 heterocycles. The first-order valence-electron chi connectivity index (χ1n) is 9.17. The van der Waals surface area contributed by atoms with E-state index in [9.17, 15) is 18.0 Å². The van der Waals surface area contributed by atoms with Crippen LogP contribution < -0.4 is 5.32 Å². The van der Waals surface area contributed by atoms with Gasteiger partial charge in [0.25, 0.3) is 0 Å². The van der Waals surface area contributed by atoms with Crippen LogP contribution in [0.5, 0.6) is 0 Å². The molecule has 0 aliphatic carbocycles. The lowest BCUT2D eigenvalue weighted by Gasteiger charge is -2.12. The number of carbonyl (C=O) groups is 1. The Morgan fingerprint density at radius 2 is 2.00 bits per heavy atom. The van der Waals surface area contributed by atoms with E-state index in [1.807, 2.05) is 0 Å². The van der Waals surface area contributed by atoms with E-state index >= 15 is 0 Å². The van der Waals surface area contributed by atoms with Gasteiger partial charge in [0, 0.05) is 18.4 Å². The van der Waals surface area contributed by atoms with Gasteiger partial charge in [-0.25, -0.2) is 4.98 Å². The number of rotatable bonds is 4. The lowest BCUT2D eigenvalue weighted by atomic mass is 10.1. The number of H-pyrrole nitrogens is 1. The summed E-state index contributed by atoms with van der Waals surface area (Å²) in [5, 5.41) is 2.49. The maximum absolute atomic E-state index is 13.4. The molecule has 2 N–H and O–H groups in total. The molecule has 150 valence electrons. The van der Waals surface area contributed by atoms with Gasteiger partial charge in [-0.1, -0.05) is 30.3 Å². The number of nitrogens with one attached hydrogen (secondary N) is 2. The minimum absolute atomic E-state index is 0.0691. The second-order valence-corrected chi connectivity index (χ2v) is 6.77. The van der Waals surface area contributed by atoms with Crippen LogP contribution in [0.4, 0.5) is 18.9 Å². The number of amides is 1. The molecule has 2 aromatic carbocycles. The van der Waals surface area contributed by atoms with Crippen molar-refractivity contribution >= 4 is 28.2 Å². The topological polar surface area (TPSA) is 67.0 Å². The molecule has 8 heteroatoms. The molecule has 1 aliphatic rings. The minimum Gasteiger partial charge on any atom is -0.370 e. The van der Waals surface area contributed by atoms with Gasteiger partial charge in [-0.05, 0) is 36.6 Å². The number of alkyl halides is 3. The van der Waals surface area contributed by atoms with E-state index in [1.165, 1.54) is 24.3 Å². The zero-order valence-electron chi connectivity index (χ0n) is 15.3. The second-order valence-electron chi connectivity index (χ2n) is 6.77. The zero-order chi connectivity index (χ0) is 20.4. The van der Waals surface area contributed by atoms with Crippen molar-refractivity contribution in [1.29, 1.82) is 0 Å². The van der Waals surface area contributed by atoms with Gasteiger partial charge in [0.15, 0.2) is 0 Å². The maximum Gasteiger partial charge on any atom is 0.417 e. The summed E-state index contributed by atoms with van der Waals surface area (Å²) in [7, 11) is 0. The third-order valence-corrected chi connectivity index (χ3v) is 4.67. The smallest absolute Gasteiger partial charge is 0.370 e. The van der Waals surface area contributed by atoms with E-state index in [4.69, 9.17) is 4.74 Å². The van der Waals surface area contributed by atoms with Crippen LogP contribution >= 0.6 is 0 Å². The summed E-state index contributed by atoms with van der Waals surface area (Å²) >= 11 is 0. The van der Waals surface area contributed by atoms with Crippen LogP contribution in [0.2, 0.25) is 0 Å². The number of fused-ring (bicyclic) bond motifs is 1. The fraction of sp³-hybridized carbons (Fsp3) is 0.238. The molecule has 0 saturated carbocycles. The van der Waals surface area contributed by atoms with Crippen molar-refractivity contribution < 1.29 is 22.7 Å². The fourth-order valence-corrected chi connectivity index (χ4v) is 3.31. The second kappa shape index (κ2) is 7.71. The first-order valence-corrected chi connectivity index (χ1v) is 9.17. The van der Waals surface area contributed by atoms with Crippen LogP contribution in [0.1, 0.15) is 30.3 Å². The van der Waals surface area contributed by atoms with Gasteiger partial charge in [-0.15, -0.1) is 0 Å². The normalized spacial score (nSPS) is 17.6. The fourth-order valence-electron chi connectivity index (χ4n) is 3.31. The van der Waals surface area contributed by atoms with Crippen molar-refractivity contribution in [2.45, 2.75) is 25.1 Å². The number of carbonyl (C=O) groups excluding carboxylic acids is 1. The monoisotopic (exact) mass is 401 g/mol. The highest BCUT2D eigenvalue weighted by Crippen LogP contribution is 2.34. The molecule has 29 heavy (non-hydrogen) atoms. The van der Waals surface area contributed by atoms with E-state index in [2.05, 4.69) is 15.3 Å². The Labute approximate surface area is 164 Å². The van der Waals surface area contributed by atoms with E-state index in [0.29, 0.717) is 35.2 Å². The first-order chi connectivity index (χ1) is 13.9. The van der Waals surface area contributed by atoms with Gasteiger partial charge in [0.2, 0.25) is 5.91 Å². The van der Waals surface area contributed by atoms with Crippen LogP contribution in [0.25, 0.3) is 16.6 Å². The summed E-state index contributed by atoms with van der Waals surface area (Å²) in [6.07, 6.45) is -2.30. The Morgan fingerprint density at radius 1 is 1.21 bits per heavy atom. The highest BCUT2D eigenvalue weighted by Gasteiger charge is 2.35. The van der Waals surface area contributed by atoms with E-state index in [-0.39, 0.29) is 11.7 Å². The molecule has 0 bridgehead atoms. The molecule has 5 nitrogen and oxygen atoms in total. The van der Waals surface area contributed by atoms with Gasteiger partial charge >= 0.3 is 6.18 Å². The molecule has 1 saturated heterocycles. The number of benzene rings is 2. The van der Waals surface area contributed by atoms with Crippen molar-refractivity contribution in [3.63, 3.8) is 0 Å². The van der Waals surface area contributed by atoms with Crippen molar-refractivity contribution in [3.8, 4) is 0 Å². The third kappa shape index (κ3) is 4.32.